The third-order valence-electron chi connectivity index (χ3n) is 2.25. The maximum absolute atomic E-state index is 9.25. The molecule has 1 aromatic carbocycles. The van der Waals surface area contributed by atoms with Crippen molar-refractivity contribution in [1.82, 2.24) is 0 Å². The molecule has 0 aliphatic rings. The van der Waals surface area contributed by atoms with Gasteiger partial charge in [0.1, 0.15) is 5.75 Å². The quantitative estimate of drug-likeness (QED) is 0.774. The van der Waals surface area contributed by atoms with E-state index in [0.717, 1.165) is 17.7 Å². The predicted molar refractivity (Wildman–Crippen MR) is 63.6 cm³/mol. The number of aliphatic hydroxyl groups is 2. The Hall–Kier alpha value is -1.06. The second-order valence-electron chi connectivity index (χ2n) is 4.19. The van der Waals surface area contributed by atoms with Crippen LogP contribution in [0, 0.1) is 0 Å². The Balaban J connectivity index is 2.53. The van der Waals surface area contributed by atoms with Crippen LogP contribution in [0.15, 0.2) is 24.3 Å². The summed E-state index contributed by atoms with van der Waals surface area (Å²) in [7, 11) is 0. The lowest BCUT2D eigenvalue weighted by Gasteiger charge is -2.11. The lowest BCUT2D eigenvalue weighted by Crippen LogP contribution is -2.12. The van der Waals surface area contributed by atoms with Crippen LogP contribution in [0.3, 0.4) is 0 Å². The molecule has 2 N–H and O–H groups in total. The van der Waals surface area contributed by atoms with Gasteiger partial charge in [0.2, 0.25) is 0 Å². The van der Waals surface area contributed by atoms with E-state index < -0.39 is 6.10 Å². The van der Waals surface area contributed by atoms with Crippen molar-refractivity contribution in [3.8, 4) is 5.75 Å². The highest BCUT2D eigenvalue weighted by Gasteiger charge is 2.04. The van der Waals surface area contributed by atoms with Gasteiger partial charge >= 0.3 is 0 Å². The molecule has 1 unspecified atom stereocenters. The van der Waals surface area contributed by atoms with Crippen molar-refractivity contribution in [2.75, 3.05) is 6.61 Å². The highest BCUT2D eigenvalue weighted by molar-refractivity contribution is 5.28. The van der Waals surface area contributed by atoms with Gasteiger partial charge in [-0.15, -0.1) is 0 Å². The van der Waals surface area contributed by atoms with Crippen molar-refractivity contribution in [2.24, 2.45) is 0 Å². The molecule has 0 aliphatic heterocycles. The van der Waals surface area contributed by atoms with Gasteiger partial charge in [0.05, 0.1) is 18.8 Å². The zero-order valence-corrected chi connectivity index (χ0v) is 9.89. The molecule has 0 bridgehead atoms. The molecule has 1 atom stereocenters. The van der Waals surface area contributed by atoms with E-state index in [1.165, 1.54) is 0 Å². The van der Waals surface area contributed by atoms with Crippen molar-refractivity contribution in [2.45, 2.75) is 38.9 Å². The van der Waals surface area contributed by atoms with Crippen LogP contribution in [0.25, 0.3) is 0 Å². The van der Waals surface area contributed by atoms with Gasteiger partial charge in [0.25, 0.3) is 0 Å². The summed E-state index contributed by atoms with van der Waals surface area (Å²) in [5.74, 6) is 0.853. The molecule has 3 heteroatoms. The molecule has 0 fully saturated rings. The molecule has 0 aromatic heterocycles. The molecule has 16 heavy (non-hydrogen) atoms. The van der Waals surface area contributed by atoms with Gasteiger partial charge in [-0.3, -0.25) is 0 Å². The molecule has 90 valence electrons. The summed E-state index contributed by atoms with van der Waals surface area (Å²) in [6.45, 7) is 3.80. The van der Waals surface area contributed by atoms with E-state index in [-0.39, 0.29) is 12.7 Å². The third kappa shape index (κ3) is 4.64. The van der Waals surface area contributed by atoms with Gasteiger partial charge in [0, 0.05) is 0 Å². The maximum Gasteiger partial charge on any atom is 0.119 e. The second kappa shape index (κ2) is 6.51. The fourth-order valence-electron chi connectivity index (χ4n) is 1.47. The monoisotopic (exact) mass is 224 g/mol. The molecule has 0 heterocycles. The molecule has 0 saturated heterocycles. The number of benzene rings is 1. The molecule has 3 nitrogen and oxygen atoms in total. The number of aryl methyl sites for hydroxylation is 1. The SMILES string of the molecule is CC(C)Oc1cccc(CCC(O)CO)c1. The molecular formula is C13H20O3. The van der Waals surface area contributed by atoms with E-state index in [1.807, 2.05) is 38.1 Å². The largest absolute Gasteiger partial charge is 0.491 e. The summed E-state index contributed by atoms with van der Waals surface area (Å²) in [6, 6.07) is 7.84. The summed E-state index contributed by atoms with van der Waals surface area (Å²) < 4.78 is 5.58. The minimum atomic E-state index is -0.630. The molecular weight excluding hydrogens is 204 g/mol. The molecule has 0 spiro atoms. The molecule has 0 radical (unpaired) electrons. The highest BCUT2D eigenvalue weighted by Crippen LogP contribution is 2.16. The molecule has 0 aliphatic carbocycles. The van der Waals surface area contributed by atoms with Crippen LogP contribution in [0.2, 0.25) is 0 Å². The molecule has 0 saturated carbocycles. The maximum atomic E-state index is 9.25. The van der Waals surface area contributed by atoms with Crippen LogP contribution in [0.4, 0.5) is 0 Å². The van der Waals surface area contributed by atoms with Gasteiger partial charge in [-0.2, -0.15) is 0 Å². The normalized spacial score (nSPS) is 12.8. The van der Waals surface area contributed by atoms with Gasteiger partial charge in [-0.1, -0.05) is 12.1 Å². The molecule has 1 aromatic rings. The van der Waals surface area contributed by atoms with E-state index in [2.05, 4.69) is 0 Å². The number of hydrogen-bond donors (Lipinski definition) is 2. The summed E-state index contributed by atoms with van der Waals surface area (Å²) in [4.78, 5) is 0. The zero-order chi connectivity index (χ0) is 12.0. The Labute approximate surface area is 96.7 Å². The highest BCUT2D eigenvalue weighted by atomic mass is 16.5. The Morgan fingerprint density at radius 2 is 2.06 bits per heavy atom. The average molecular weight is 224 g/mol. The van der Waals surface area contributed by atoms with Crippen molar-refractivity contribution >= 4 is 0 Å². The fourth-order valence-corrected chi connectivity index (χ4v) is 1.47. The first-order valence-electron chi connectivity index (χ1n) is 5.66. The average Bonchev–Trinajstić information content (AvgIpc) is 2.25. The molecule has 0 amide bonds. The van der Waals surface area contributed by atoms with E-state index in [1.54, 1.807) is 0 Å². The minimum Gasteiger partial charge on any atom is -0.491 e. The Morgan fingerprint density at radius 3 is 2.69 bits per heavy atom. The lowest BCUT2D eigenvalue weighted by atomic mass is 10.1. The smallest absolute Gasteiger partial charge is 0.119 e. The van der Waals surface area contributed by atoms with Crippen LogP contribution in [-0.2, 0) is 6.42 Å². The number of aliphatic hydroxyl groups excluding tert-OH is 2. The van der Waals surface area contributed by atoms with Gasteiger partial charge in [-0.05, 0) is 44.4 Å². The number of ether oxygens (including phenoxy) is 1. The van der Waals surface area contributed by atoms with Crippen LogP contribution < -0.4 is 4.74 Å². The van der Waals surface area contributed by atoms with Crippen molar-refractivity contribution in [3.05, 3.63) is 29.8 Å². The van der Waals surface area contributed by atoms with Crippen LogP contribution in [0.5, 0.6) is 5.75 Å². The summed E-state index contributed by atoms with van der Waals surface area (Å²) in [6.07, 6.45) is 0.853. The standard InChI is InChI=1S/C13H20O3/c1-10(2)16-13-5-3-4-11(8-13)6-7-12(15)9-14/h3-5,8,10,12,14-15H,6-7,9H2,1-2H3. The summed E-state index contributed by atoms with van der Waals surface area (Å²) in [5, 5.41) is 18.0. The predicted octanol–water partition coefficient (Wildman–Crippen LogP) is 1.76. The second-order valence-corrected chi connectivity index (χ2v) is 4.19. The Bertz CT molecular complexity index is 310. The lowest BCUT2D eigenvalue weighted by molar-refractivity contribution is 0.0885. The molecule has 1 rings (SSSR count). The first-order valence-corrected chi connectivity index (χ1v) is 5.66. The van der Waals surface area contributed by atoms with Gasteiger partial charge in [-0.25, -0.2) is 0 Å². The van der Waals surface area contributed by atoms with E-state index in [9.17, 15) is 5.11 Å². The van der Waals surface area contributed by atoms with Crippen LogP contribution >= 0.6 is 0 Å². The zero-order valence-electron chi connectivity index (χ0n) is 9.89. The van der Waals surface area contributed by atoms with Gasteiger partial charge < -0.3 is 14.9 Å². The topological polar surface area (TPSA) is 49.7 Å². The van der Waals surface area contributed by atoms with Crippen LogP contribution in [-0.4, -0.2) is 29.0 Å². The van der Waals surface area contributed by atoms with E-state index >= 15 is 0 Å². The third-order valence-corrected chi connectivity index (χ3v) is 2.25. The number of rotatable bonds is 6. The first kappa shape index (κ1) is 13.0. The Morgan fingerprint density at radius 1 is 1.31 bits per heavy atom. The summed E-state index contributed by atoms with van der Waals surface area (Å²) >= 11 is 0. The Kier molecular flexibility index (Phi) is 5.29. The van der Waals surface area contributed by atoms with E-state index in [4.69, 9.17) is 9.84 Å². The van der Waals surface area contributed by atoms with Gasteiger partial charge in [0.15, 0.2) is 0 Å². The minimum absolute atomic E-state index is 0.165. The van der Waals surface area contributed by atoms with Crippen molar-refractivity contribution < 1.29 is 14.9 Å². The van der Waals surface area contributed by atoms with Crippen LogP contribution in [0.1, 0.15) is 25.8 Å². The fraction of sp³-hybridized carbons (Fsp3) is 0.538. The van der Waals surface area contributed by atoms with Crippen molar-refractivity contribution in [1.29, 1.82) is 0 Å². The first-order chi connectivity index (χ1) is 7.61. The summed E-state index contributed by atoms with van der Waals surface area (Å²) in [5.41, 5.74) is 1.12. The van der Waals surface area contributed by atoms with Crippen molar-refractivity contribution in [3.63, 3.8) is 0 Å². The van der Waals surface area contributed by atoms with E-state index in [0.29, 0.717) is 6.42 Å². The number of hydrogen-bond acceptors (Lipinski definition) is 3.